The number of aromatic nitrogens is 4. The van der Waals surface area contributed by atoms with Gasteiger partial charge in [-0.15, -0.1) is 0 Å². The highest BCUT2D eigenvalue weighted by atomic mass is 16.5. The van der Waals surface area contributed by atoms with Crippen LogP contribution in [0.2, 0.25) is 0 Å². The maximum absolute atomic E-state index is 10.7. The summed E-state index contributed by atoms with van der Waals surface area (Å²) in [5.41, 5.74) is 2.42. The van der Waals surface area contributed by atoms with Gasteiger partial charge in [0.05, 0.1) is 24.7 Å². The minimum Gasteiger partial charge on any atom is -0.493 e. The summed E-state index contributed by atoms with van der Waals surface area (Å²) in [5.74, 6) is 0.598. The lowest BCUT2D eigenvalue weighted by Crippen LogP contribution is -2.14. The van der Waals surface area contributed by atoms with Gasteiger partial charge in [0.1, 0.15) is 11.8 Å². The molecule has 0 aliphatic heterocycles. The van der Waals surface area contributed by atoms with Crippen molar-refractivity contribution in [2.75, 3.05) is 7.11 Å². The predicted octanol–water partition coefficient (Wildman–Crippen LogP) is 1.77. The number of rotatable bonds is 6. The molecule has 1 atom stereocenters. The molecule has 2 rings (SSSR count). The Morgan fingerprint density at radius 2 is 1.95 bits per heavy atom. The lowest BCUT2D eigenvalue weighted by atomic mass is 10.1. The van der Waals surface area contributed by atoms with E-state index in [1.165, 1.54) is 0 Å². The van der Waals surface area contributed by atoms with E-state index in [2.05, 4.69) is 17.1 Å². The van der Waals surface area contributed by atoms with E-state index in [-0.39, 0.29) is 0 Å². The Kier molecular flexibility index (Phi) is 4.44. The average Bonchev–Trinajstić information content (AvgIpc) is 3.09. The van der Waals surface area contributed by atoms with Gasteiger partial charge in [-0.3, -0.25) is 9.36 Å². The van der Waals surface area contributed by atoms with E-state index >= 15 is 0 Å². The third kappa shape index (κ3) is 2.43. The lowest BCUT2D eigenvalue weighted by Gasteiger charge is -2.15. The van der Waals surface area contributed by atoms with Crippen LogP contribution in [0.25, 0.3) is 0 Å². The van der Waals surface area contributed by atoms with E-state index < -0.39 is 6.10 Å². The van der Waals surface area contributed by atoms with Crippen molar-refractivity contribution >= 4 is 0 Å². The Morgan fingerprint density at radius 1 is 1.25 bits per heavy atom. The van der Waals surface area contributed by atoms with E-state index in [1.807, 2.05) is 24.6 Å². The Hall–Kier alpha value is -1.82. The van der Waals surface area contributed by atoms with Gasteiger partial charge >= 0.3 is 0 Å². The van der Waals surface area contributed by atoms with Gasteiger partial charge < -0.3 is 9.84 Å². The molecule has 6 heteroatoms. The summed E-state index contributed by atoms with van der Waals surface area (Å²) >= 11 is 0. The lowest BCUT2D eigenvalue weighted by molar-refractivity contribution is 0.191. The highest BCUT2D eigenvalue weighted by Crippen LogP contribution is 2.30. The van der Waals surface area contributed by atoms with Gasteiger partial charge in [-0.1, -0.05) is 6.92 Å². The summed E-state index contributed by atoms with van der Waals surface area (Å²) in [5, 5.41) is 19.4. The molecule has 2 aromatic rings. The van der Waals surface area contributed by atoms with Crippen molar-refractivity contribution in [2.45, 2.75) is 46.4 Å². The van der Waals surface area contributed by atoms with Crippen LogP contribution < -0.4 is 4.74 Å². The van der Waals surface area contributed by atoms with Crippen LogP contribution >= 0.6 is 0 Å². The molecule has 0 fully saturated rings. The predicted molar refractivity (Wildman–Crippen MR) is 75.8 cm³/mol. The van der Waals surface area contributed by atoms with Crippen LogP contribution in [0.15, 0.2) is 12.3 Å². The monoisotopic (exact) mass is 278 g/mol. The Bertz CT molecular complexity index is 552. The minimum absolute atomic E-state index is 0.598. The van der Waals surface area contributed by atoms with E-state index in [0.717, 1.165) is 24.4 Å². The average molecular weight is 278 g/mol. The Labute approximate surface area is 119 Å². The van der Waals surface area contributed by atoms with Crippen molar-refractivity contribution < 1.29 is 9.84 Å². The van der Waals surface area contributed by atoms with Crippen molar-refractivity contribution in [1.82, 2.24) is 19.6 Å². The molecule has 0 saturated heterocycles. The number of methoxy groups -OCH3 is 1. The minimum atomic E-state index is -0.792. The van der Waals surface area contributed by atoms with E-state index in [0.29, 0.717) is 18.0 Å². The topological polar surface area (TPSA) is 65.1 Å². The van der Waals surface area contributed by atoms with E-state index in [1.54, 1.807) is 18.0 Å². The molecule has 0 radical (unpaired) electrons. The zero-order valence-corrected chi connectivity index (χ0v) is 12.5. The van der Waals surface area contributed by atoms with Crippen LogP contribution in [0.1, 0.15) is 44.0 Å². The normalized spacial score (nSPS) is 12.7. The molecule has 0 amide bonds. The Morgan fingerprint density at radius 3 is 2.50 bits per heavy atom. The second-order valence-electron chi connectivity index (χ2n) is 4.55. The van der Waals surface area contributed by atoms with Crippen molar-refractivity contribution in [3.63, 3.8) is 0 Å². The molecule has 0 spiro atoms. The molecule has 1 unspecified atom stereocenters. The number of aliphatic hydroxyl groups excluding tert-OH is 1. The third-order valence-corrected chi connectivity index (χ3v) is 3.43. The number of nitrogens with zero attached hydrogens (tertiary/aromatic N) is 4. The quantitative estimate of drug-likeness (QED) is 0.874. The van der Waals surface area contributed by atoms with Gasteiger partial charge in [-0.2, -0.15) is 10.2 Å². The second kappa shape index (κ2) is 6.09. The first-order chi connectivity index (χ1) is 9.65. The number of hydrogen-bond donors (Lipinski definition) is 1. The largest absolute Gasteiger partial charge is 0.493 e. The first-order valence-electron chi connectivity index (χ1n) is 7.00. The molecule has 2 heterocycles. The van der Waals surface area contributed by atoms with Crippen LogP contribution in [-0.4, -0.2) is 31.8 Å². The summed E-state index contributed by atoms with van der Waals surface area (Å²) in [7, 11) is 1.59. The third-order valence-electron chi connectivity index (χ3n) is 3.43. The van der Waals surface area contributed by atoms with E-state index in [9.17, 15) is 5.11 Å². The van der Waals surface area contributed by atoms with Gasteiger partial charge in [0.2, 0.25) is 0 Å². The molecule has 0 bridgehead atoms. The molecule has 0 aromatic carbocycles. The molecule has 0 aliphatic rings. The molecule has 1 N–H and O–H groups in total. The van der Waals surface area contributed by atoms with Gasteiger partial charge in [0.15, 0.2) is 5.75 Å². The van der Waals surface area contributed by atoms with Crippen molar-refractivity contribution in [1.29, 1.82) is 0 Å². The van der Waals surface area contributed by atoms with Crippen LogP contribution in [0.4, 0.5) is 0 Å². The van der Waals surface area contributed by atoms with Crippen LogP contribution in [-0.2, 0) is 19.5 Å². The molecule has 6 nitrogen and oxygen atoms in total. The highest BCUT2D eigenvalue weighted by molar-refractivity contribution is 5.33. The Balaban J connectivity index is 2.47. The summed E-state index contributed by atoms with van der Waals surface area (Å²) < 4.78 is 8.89. The SMILES string of the molecule is CCc1cc(C(O)c2c(OC)cnn2CC)n(CC)n1. The van der Waals surface area contributed by atoms with E-state index in [4.69, 9.17) is 4.74 Å². The second-order valence-corrected chi connectivity index (χ2v) is 4.55. The van der Waals surface area contributed by atoms with Crippen molar-refractivity contribution in [2.24, 2.45) is 0 Å². The number of ether oxygens (including phenoxy) is 1. The molecule has 110 valence electrons. The zero-order valence-electron chi connectivity index (χ0n) is 12.5. The molecule has 2 aromatic heterocycles. The van der Waals surface area contributed by atoms with Crippen LogP contribution in [0, 0.1) is 0 Å². The molecular formula is C14H22N4O2. The summed E-state index contributed by atoms with van der Waals surface area (Å²) in [6, 6.07) is 1.95. The maximum atomic E-state index is 10.7. The van der Waals surface area contributed by atoms with Crippen LogP contribution in [0.3, 0.4) is 0 Å². The van der Waals surface area contributed by atoms with Gasteiger partial charge in [0, 0.05) is 13.1 Å². The number of hydrogen-bond acceptors (Lipinski definition) is 4. The fraction of sp³-hybridized carbons (Fsp3) is 0.571. The van der Waals surface area contributed by atoms with Crippen molar-refractivity contribution in [3.8, 4) is 5.75 Å². The fourth-order valence-electron chi connectivity index (χ4n) is 2.34. The first kappa shape index (κ1) is 14.6. The number of aliphatic hydroxyl groups is 1. The number of aryl methyl sites for hydroxylation is 3. The van der Waals surface area contributed by atoms with Crippen molar-refractivity contribution in [3.05, 3.63) is 29.3 Å². The zero-order chi connectivity index (χ0) is 14.7. The smallest absolute Gasteiger partial charge is 0.163 e. The highest BCUT2D eigenvalue weighted by Gasteiger charge is 2.24. The van der Waals surface area contributed by atoms with Gasteiger partial charge in [0.25, 0.3) is 0 Å². The molecule has 0 saturated carbocycles. The maximum Gasteiger partial charge on any atom is 0.163 e. The molecule has 20 heavy (non-hydrogen) atoms. The van der Waals surface area contributed by atoms with Gasteiger partial charge in [-0.25, -0.2) is 0 Å². The van der Waals surface area contributed by atoms with Gasteiger partial charge in [-0.05, 0) is 26.3 Å². The standard InChI is InChI=1S/C14H22N4O2/c1-5-10-8-11(17(6-2)16-10)14(19)13-12(20-4)9-15-18(13)7-3/h8-9,14,19H,5-7H2,1-4H3. The molecule has 0 aliphatic carbocycles. The summed E-state index contributed by atoms with van der Waals surface area (Å²) in [6.07, 6.45) is 1.69. The fourth-order valence-corrected chi connectivity index (χ4v) is 2.34. The first-order valence-corrected chi connectivity index (χ1v) is 7.00. The molecular weight excluding hydrogens is 256 g/mol. The summed E-state index contributed by atoms with van der Waals surface area (Å²) in [6.45, 7) is 7.44. The summed E-state index contributed by atoms with van der Waals surface area (Å²) in [4.78, 5) is 0. The van der Waals surface area contributed by atoms with Crippen LogP contribution in [0.5, 0.6) is 5.75 Å².